The summed E-state index contributed by atoms with van der Waals surface area (Å²) in [7, 11) is 0. The number of nitrogens with zero attached hydrogens (tertiary/aromatic N) is 2. The highest BCUT2D eigenvalue weighted by Crippen LogP contribution is 2.50. The highest BCUT2D eigenvalue weighted by Gasteiger charge is 2.47. The van der Waals surface area contributed by atoms with Gasteiger partial charge in [0.25, 0.3) is 0 Å². The molecule has 0 saturated heterocycles. The van der Waals surface area contributed by atoms with Gasteiger partial charge >= 0.3 is 0 Å². The third-order valence-corrected chi connectivity index (χ3v) is 4.28. The molecule has 106 valence electrons. The van der Waals surface area contributed by atoms with E-state index in [0.29, 0.717) is 12.8 Å². The Balaban J connectivity index is 1.98. The monoisotopic (exact) mass is 281 g/mol. The molecule has 3 heterocycles. The molecule has 3 aliphatic heterocycles. The molecule has 1 N–H and O–H groups in total. The molecular weight excluding hydrogens is 266 g/mol. The van der Waals surface area contributed by atoms with Gasteiger partial charge in [-0.05, 0) is 13.0 Å². The molecular formula is C16H15N3O2. The normalized spacial score (nSPS) is 29.8. The van der Waals surface area contributed by atoms with Gasteiger partial charge in [0.15, 0.2) is 0 Å². The van der Waals surface area contributed by atoms with Crippen LogP contribution in [0.25, 0.3) is 0 Å². The maximum atomic E-state index is 12.0. The molecule has 0 aliphatic carbocycles. The minimum absolute atomic E-state index is 0.0243. The number of hydrogen-bond acceptors (Lipinski definition) is 4. The third-order valence-electron chi connectivity index (χ3n) is 4.28. The van der Waals surface area contributed by atoms with E-state index in [1.54, 1.807) is 0 Å². The van der Waals surface area contributed by atoms with Crippen molar-refractivity contribution in [2.75, 3.05) is 0 Å². The van der Waals surface area contributed by atoms with Crippen LogP contribution < -0.4 is 10.1 Å². The molecule has 0 aromatic heterocycles. The summed E-state index contributed by atoms with van der Waals surface area (Å²) in [4.78, 5) is 21.1. The van der Waals surface area contributed by atoms with Crippen LogP contribution in [-0.4, -0.2) is 24.5 Å². The molecule has 0 bridgehead atoms. The predicted molar refractivity (Wildman–Crippen MR) is 79.6 cm³/mol. The number of rotatable bonds is 0. The van der Waals surface area contributed by atoms with Gasteiger partial charge in [-0.25, -0.2) is 0 Å². The van der Waals surface area contributed by atoms with Crippen molar-refractivity contribution in [3.63, 3.8) is 0 Å². The molecule has 0 saturated carbocycles. The van der Waals surface area contributed by atoms with Gasteiger partial charge < -0.3 is 10.1 Å². The smallest absolute Gasteiger partial charge is 0.228 e. The van der Waals surface area contributed by atoms with Crippen molar-refractivity contribution < 1.29 is 9.53 Å². The Morgan fingerprint density at radius 3 is 3.10 bits per heavy atom. The second-order valence-corrected chi connectivity index (χ2v) is 5.52. The van der Waals surface area contributed by atoms with Crippen LogP contribution in [0.4, 0.5) is 0 Å². The summed E-state index contributed by atoms with van der Waals surface area (Å²) in [5.74, 6) is 1.58. The van der Waals surface area contributed by atoms with Crippen molar-refractivity contribution in [2.45, 2.75) is 31.3 Å². The van der Waals surface area contributed by atoms with Gasteiger partial charge in [-0.15, -0.1) is 0 Å². The summed E-state index contributed by atoms with van der Waals surface area (Å²) in [6, 6.07) is 7.76. The number of benzene rings is 1. The summed E-state index contributed by atoms with van der Waals surface area (Å²) < 4.78 is 6.07. The largest absolute Gasteiger partial charge is 0.459 e. The first-order chi connectivity index (χ1) is 10.2. The average Bonchev–Trinajstić information content (AvgIpc) is 2.49. The number of ether oxygens (including phenoxy) is 1. The van der Waals surface area contributed by atoms with Crippen molar-refractivity contribution in [1.29, 1.82) is 0 Å². The Morgan fingerprint density at radius 2 is 2.24 bits per heavy atom. The van der Waals surface area contributed by atoms with Crippen LogP contribution in [0.15, 0.2) is 45.6 Å². The summed E-state index contributed by atoms with van der Waals surface area (Å²) in [6.07, 6.45) is 4.38. The quantitative estimate of drug-likeness (QED) is 0.790. The Kier molecular flexibility index (Phi) is 2.51. The van der Waals surface area contributed by atoms with Crippen molar-refractivity contribution in [1.82, 2.24) is 5.32 Å². The van der Waals surface area contributed by atoms with Crippen molar-refractivity contribution in [3.8, 4) is 5.75 Å². The van der Waals surface area contributed by atoms with E-state index >= 15 is 0 Å². The molecule has 0 fully saturated rings. The van der Waals surface area contributed by atoms with Crippen molar-refractivity contribution in [2.24, 2.45) is 9.98 Å². The van der Waals surface area contributed by atoms with Crippen LogP contribution in [0.5, 0.6) is 5.75 Å². The fourth-order valence-corrected chi connectivity index (χ4v) is 3.31. The highest BCUT2D eigenvalue weighted by atomic mass is 16.5. The summed E-state index contributed by atoms with van der Waals surface area (Å²) in [5, 5.41) is 2.66. The number of carbonyl (C=O) groups is 1. The van der Waals surface area contributed by atoms with Crippen LogP contribution in [0, 0.1) is 0 Å². The Morgan fingerprint density at radius 1 is 1.38 bits per heavy atom. The van der Waals surface area contributed by atoms with Gasteiger partial charge in [-0.2, -0.15) is 0 Å². The molecule has 1 amide bonds. The maximum absolute atomic E-state index is 12.0. The standard InChI is InChI=1S/C16H15N3O2/c1-10-15-12(6-7-17-10)16(8-14(20)18-9-19-16)11-4-2-3-5-13(11)21-15/h2-5,7,9-10H,6,8H2,1H3,(H,18,19,20). The van der Waals surface area contributed by atoms with Crippen LogP contribution in [0.3, 0.4) is 0 Å². The second-order valence-electron chi connectivity index (χ2n) is 5.52. The van der Waals surface area contributed by atoms with E-state index in [4.69, 9.17) is 4.74 Å². The van der Waals surface area contributed by atoms with Gasteiger partial charge in [0.1, 0.15) is 23.1 Å². The molecule has 2 atom stereocenters. The molecule has 21 heavy (non-hydrogen) atoms. The zero-order valence-corrected chi connectivity index (χ0v) is 11.7. The van der Waals surface area contributed by atoms with Gasteiger partial charge in [-0.3, -0.25) is 14.8 Å². The number of nitrogens with one attached hydrogen (secondary N) is 1. The Bertz CT molecular complexity index is 720. The molecule has 5 heteroatoms. The lowest BCUT2D eigenvalue weighted by atomic mass is 9.74. The van der Waals surface area contributed by atoms with Gasteiger partial charge in [0.05, 0.1) is 12.8 Å². The van der Waals surface area contributed by atoms with Crippen molar-refractivity contribution in [3.05, 3.63) is 41.2 Å². The first-order valence-electron chi connectivity index (χ1n) is 7.06. The molecule has 1 spiro atoms. The third kappa shape index (κ3) is 1.67. The summed E-state index contributed by atoms with van der Waals surface area (Å²) in [5.41, 5.74) is 1.36. The van der Waals surface area contributed by atoms with Gasteiger partial charge in [0.2, 0.25) is 5.91 Å². The van der Waals surface area contributed by atoms with Crippen LogP contribution in [0.1, 0.15) is 25.3 Å². The minimum Gasteiger partial charge on any atom is -0.459 e. The number of amides is 1. The molecule has 1 aromatic rings. The SMILES string of the molecule is CC1N=CCC2=C1Oc1ccccc1C21CC(=O)NC=N1. The van der Waals surface area contributed by atoms with Crippen LogP contribution in [0.2, 0.25) is 0 Å². The molecule has 5 nitrogen and oxygen atoms in total. The Labute approximate surface area is 122 Å². The first kappa shape index (κ1) is 12.3. The van der Waals surface area contributed by atoms with Crippen molar-refractivity contribution >= 4 is 18.5 Å². The molecule has 3 aliphatic rings. The molecule has 2 unspecified atom stereocenters. The molecule has 4 rings (SSSR count). The predicted octanol–water partition coefficient (Wildman–Crippen LogP) is 1.94. The van der Waals surface area contributed by atoms with Gasteiger partial charge in [0, 0.05) is 23.8 Å². The minimum atomic E-state index is -0.646. The first-order valence-corrected chi connectivity index (χ1v) is 7.06. The topological polar surface area (TPSA) is 63.0 Å². The lowest BCUT2D eigenvalue weighted by molar-refractivity contribution is -0.121. The number of fused-ring (bicyclic) bond motifs is 3. The summed E-state index contributed by atoms with van der Waals surface area (Å²) >= 11 is 0. The molecule has 1 aromatic carbocycles. The second kappa shape index (κ2) is 4.28. The van der Waals surface area contributed by atoms with E-state index in [9.17, 15) is 4.79 Å². The zero-order chi connectivity index (χ0) is 14.4. The van der Waals surface area contributed by atoms with E-state index in [-0.39, 0.29) is 11.9 Å². The Hall–Kier alpha value is -2.43. The maximum Gasteiger partial charge on any atom is 0.228 e. The highest BCUT2D eigenvalue weighted by molar-refractivity contribution is 5.92. The van der Waals surface area contributed by atoms with E-state index in [2.05, 4.69) is 15.3 Å². The zero-order valence-electron chi connectivity index (χ0n) is 11.7. The molecule has 0 radical (unpaired) electrons. The lowest BCUT2D eigenvalue weighted by Gasteiger charge is -2.41. The summed E-state index contributed by atoms with van der Waals surface area (Å²) in [6.45, 7) is 2.00. The fraction of sp³-hybridized carbons (Fsp3) is 0.312. The number of hydrogen-bond donors (Lipinski definition) is 1. The van der Waals surface area contributed by atoms with E-state index < -0.39 is 5.54 Å². The van der Waals surface area contributed by atoms with Crippen LogP contribution in [-0.2, 0) is 10.3 Å². The fourth-order valence-electron chi connectivity index (χ4n) is 3.31. The average molecular weight is 281 g/mol. The van der Waals surface area contributed by atoms with Gasteiger partial charge in [-0.1, -0.05) is 18.2 Å². The van der Waals surface area contributed by atoms with Crippen LogP contribution >= 0.6 is 0 Å². The number of carbonyl (C=O) groups excluding carboxylic acids is 1. The van der Waals surface area contributed by atoms with E-state index in [1.807, 2.05) is 37.4 Å². The number of dihydropyridines is 1. The van der Waals surface area contributed by atoms with E-state index in [1.165, 1.54) is 6.34 Å². The lowest BCUT2D eigenvalue weighted by Crippen LogP contribution is -2.44. The van der Waals surface area contributed by atoms with E-state index in [0.717, 1.165) is 22.6 Å². The number of aliphatic imine (C=N–C) groups is 2. The number of para-hydroxylation sites is 1.